The SMILES string of the molecule is CC/C=C(CCCC)/C(=C/CC)CCc1nc(C)c(-c2sc3ccc(F)cc3c2C)n1N. The molecule has 3 rings (SSSR count). The third-order valence-corrected chi connectivity index (χ3v) is 7.28. The molecule has 0 bridgehead atoms. The van der Waals surface area contributed by atoms with Crippen LogP contribution in [0.25, 0.3) is 20.7 Å². The van der Waals surface area contributed by atoms with E-state index in [-0.39, 0.29) is 5.82 Å². The number of allylic oxidation sites excluding steroid dienone is 4. The van der Waals surface area contributed by atoms with Crippen molar-refractivity contribution in [3.63, 3.8) is 0 Å². The van der Waals surface area contributed by atoms with Gasteiger partial charge in [-0.15, -0.1) is 11.3 Å². The molecular weight excluding hydrogens is 417 g/mol. The Bertz CT molecular complexity index is 1130. The highest BCUT2D eigenvalue weighted by molar-refractivity contribution is 7.22. The van der Waals surface area contributed by atoms with Gasteiger partial charge >= 0.3 is 0 Å². The summed E-state index contributed by atoms with van der Waals surface area (Å²) >= 11 is 1.65. The van der Waals surface area contributed by atoms with Gasteiger partial charge in [-0.25, -0.2) is 14.1 Å². The number of aromatic nitrogens is 2. The summed E-state index contributed by atoms with van der Waals surface area (Å²) in [5.41, 5.74) is 5.83. The summed E-state index contributed by atoms with van der Waals surface area (Å²) in [4.78, 5) is 5.91. The normalized spacial score (nSPS) is 12.8. The number of unbranched alkanes of at least 4 members (excludes halogenated alkanes) is 1. The zero-order valence-electron chi connectivity index (χ0n) is 20.1. The van der Waals surface area contributed by atoms with E-state index in [2.05, 4.69) is 32.9 Å². The van der Waals surface area contributed by atoms with Crippen LogP contribution in [0.2, 0.25) is 0 Å². The second-order valence-electron chi connectivity index (χ2n) is 8.41. The first-order valence-corrected chi connectivity index (χ1v) is 12.6. The topological polar surface area (TPSA) is 43.8 Å². The molecule has 5 heteroatoms. The zero-order valence-corrected chi connectivity index (χ0v) is 20.9. The molecule has 0 amide bonds. The van der Waals surface area contributed by atoms with Gasteiger partial charge in [0.05, 0.1) is 10.6 Å². The molecule has 0 saturated heterocycles. The fourth-order valence-corrected chi connectivity index (χ4v) is 5.65. The number of aryl methyl sites for hydroxylation is 3. The first kappa shape index (κ1) is 24.2. The number of hydrogen-bond acceptors (Lipinski definition) is 3. The molecule has 0 aliphatic carbocycles. The number of nitrogens with zero attached hydrogens (tertiary/aromatic N) is 2. The molecule has 3 aromatic rings. The van der Waals surface area contributed by atoms with Crippen LogP contribution in [-0.4, -0.2) is 9.66 Å². The molecule has 2 N–H and O–H groups in total. The summed E-state index contributed by atoms with van der Waals surface area (Å²) in [6, 6.07) is 4.97. The van der Waals surface area contributed by atoms with Crippen molar-refractivity contribution in [2.45, 2.75) is 79.6 Å². The van der Waals surface area contributed by atoms with Gasteiger partial charge in [0.15, 0.2) is 0 Å². The van der Waals surface area contributed by atoms with Crippen molar-refractivity contribution in [2.24, 2.45) is 0 Å². The molecule has 0 saturated carbocycles. The Morgan fingerprint density at radius 2 is 1.78 bits per heavy atom. The number of thiophene rings is 1. The van der Waals surface area contributed by atoms with Crippen LogP contribution < -0.4 is 5.84 Å². The van der Waals surface area contributed by atoms with E-state index in [1.807, 2.05) is 19.9 Å². The molecule has 0 fully saturated rings. The minimum absolute atomic E-state index is 0.210. The minimum atomic E-state index is -0.210. The van der Waals surface area contributed by atoms with E-state index >= 15 is 0 Å². The summed E-state index contributed by atoms with van der Waals surface area (Å²) in [7, 11) is 0. The van der Waals surface area contributed by atoms with Crippen LogP contribution in [-0.2, 0) is 6.42 Å². The molecule has 0 radical (unpaired) electrons. The van der Waals surface area contributed by atoms with Gasteiger partial charge in [-0.05, 0) is 86.2 Å². The molecule has 32 heavy (non-hydrogen) atoms. The Labute approximate surface area is 195 Å². The number of nitrogen functional groups attached to an aromatic ring is 1. The molecule has 1 aromatic carbocycles. The van der Waals surface area contributed by atoms with E-state index < -0.39 is 0 Å². The highest BCUT2D eigenvalue weighted by atomic mass is 32.1. The smallest absolute Gasteiger partial charge is 0.128 e. The third-order valence-electron chi connectivity index (χ3n) is 6.00. The summed E-state index contributed by atoms with van der Waals surface area (Å²) in [6.07, 6.45) is 12.1. The van der Waals surface area contributed by atoms with Gasteiger partial charge in [0.1, 0.15) is 17.3 Å². The number of fused-ring (bicyclic) bond motifs is 1. The van der Waals surface area contributed by atoms with Crippen molar-refractivity contribution in [3.05, 3.63) is 64.4 Å². The average molecular weight is 454 g/mol. The highest BCUT2D eigenvalue weighted by Gasteiger charge is 2.20. The predicted molar refractivity (Wildman–Crippen MR) is 137 cm³/mol. The number of rotatable bonds is 10. The zero-order chi connectivity index (χ0) is 23.3. The van der Waals surface area contributed by atoms with Gasteiger partial charge in [0.25, 0.3) is 0 Å². The Morgan fingerprint density at radius 1 is 1.09 bits per heavy atom. The van der Waals surface area contributed by atoms with Crippen molar-refractivity contribution >= 4 is 21.4 Å². The molecule has 0 unspecified atom stereocenters. The van der Waals surface area contributed by atoms with E-state index in [9.17, 15) is 4.39 Å². The lowest BCUT2D eigenvalue weighted by Crippen LogP contribution is -2.14. The average Bonchev–Trinajstić information content (AvgIpc) is 3.23. The number of benzene rings is 1. The van der Waals surface area contributed by atoms with E-state index in [1.165, 1.54) is 30.1 Å². The van der Waals surface area contributed by atoms with Gasteiger partial charge in [-0.2, -0.15) is 0 Å². The largest absolute Gasteiger partial charge is 0.337 e. The fraction of sp³-hybridized carbons (Fsp3) is 0.444. The number of imidazole rings is 1. The standard InChI is InChI=1S/C27H36FN3S/c1-6-9-12-20(10-7-2)21(11-8-3)13-16-25-30-19(5)26(31(25)29)27-18(4)23-17-22(28)14-15-24(23)32-27/h10-11,14-15,17H,6-9,12-13,16,29H2,1-5H3/b20-10+,21-11+. The summed E-state index contributed by atoms with van der Waals surface area (Å²) in [6.45, 7) is 10.7. The molecule has 172 valence electrons. The lowest BCUT2D eigenvalue weighted by Gasteiger charge is -2.13. The lowest BCUT2D eigenvalue weighted by molar-refractivity contribution is 0.630. The third kappa shape index (κ3) is 5.15. The van der Waals surface area contributed by atoms with Gasteiger partial charge < -0.3 is 5.84 Å². The van der Waals surface area contributed by atoms with Crippen molar-refractivity contribution in [1.29, 1.82) is 0 Å². The number of halogens is 1. The van der Waals surface area contributed by atoms with Crippen LogP contribution >= 0.6 is 11.3 Å². The van der Waals surface area contributed by atoms with Crippen LogP contribution in [0, 0.1) is 19.7 Å². The quantitative estimate of drug-likeness (QED) is 0.249. The van der Waals surface area contributed by atoms with Crippen LogP contribution in [0.1, 0.15) is 76.4 Å². The Morgan fingerprint density at radius 3 is 2.44 bits per heavy atom. The van der Waals surface area contributed by atoms with E-state index in [0.29, 0.717) is 0 Å². The maximum absolute atomic E-state index is 13.8. The molecule has 2 aromatic heterocycles. The van der Waals surface area contributed by atoms with Crippen molar-refractivity contribution < 1.29 is 4.39 Å². The van der Waals surface area contributed by atoms with Gasteiger partial charge in [-0.1, -0.05) is 39.3 Å². The number of hydrogen-bond donors (Lipinski definition) is 1. The molecule has 0 aliphatic rings. The second-order valence-corrected chi connectivity index (χ2v) is 9.46. The van der Waals surface area contributed by atoms with Gasteiger partial charge in [-0.3, -0.25) is 0 Å². The molecule has 0 spiro atoms. The van der Waals surface area contributed by atoms with Crippen molar-refractivity contribution in [1.82, 2.24) is 9.66 Å². The first-order valence-electron chi connectivity index (χ1n) is 11.8. The first-order chi connectivity index (χ1) is 15.4. The van der Waals surface area contributed by atoms with Crippen LogP contribution in [0.4, 0.5) is 4.39 Å². The summed E-state index contributed by atoms with van der Waals surface area (Å²) < 4.78 is 16.6. The second kappa shape index (κ2) is 11.0. The molecule has 3 nitrogen and oxygen atoms in total. The maximum Gasteiger partial charge on any atom is 0.128 e. The van der Waals surface area contributed by atoms with E-state index in [0.717, 1.165) is 69.8 Å². The Kier molecular flexibility index (Phi) is 8.30. The highest BCUT2D eigenvalue weighted by Crippen LogP contribution is 2.39. The molecular formula is C27H36FN3S. The molecule has 0 atom stereocenters. The summed E-state index contributed by atoms with van der Waals surface area (Å²) in [5.74, 6) is 7.27. The van der Waals surface area contributed by atoms with Crippen LogP contribution in [0.3, 0.4) is 0 Å². The van der Waals surface area contributed by atoms with Gasteiger partial charge in [0, 0.05) is 11.1 Å². The molecule has 0 aliphatic heterocycles. The van der Waals surface area contributed by atoms with E-state index in [1.54, 1.807) is 22.1 Å². The maximum atomic E-state index is 13.8. The Hall–Kier alpha value is -2.40. The van der Waals surface area contributed by atoms with Crippen molar-refractivity contribution in [2.75, 3.05) is 5.84 Å². The minimum Gasteiger partial charge on any atom is -0.337 e. The Balaban J connectivity index is 1.90. The van der Waals surface area contributed by atoms with Gasteiger partial charge in [0.2, 0.25) is 0 Å². The van der Waals surface area contributed by atoms with E-state index in [4.69, 9.17) is 10.8 Å². The van der Waals surface area contributed by atoms with Crippen LogP contribution in [0.5, 0.6) is 0 Å². The lowest BCUT2D eigenvalue weighted by atomic mass is 9.94. The summed E-state index contributed by atoms with van der Waals surface area (Å²) in [5, 5.41) is 0.950. The monoisotopic (exact) mass is 453 g/mol. The van der Waals surface area contributed by atoms with Crippen LogP contribution in [0.15, 0.2) is 41.5 Å². The number of nitrogens with two attached hydrogens (primary N) is 1. The predicted octanol–water partition coefficient (Wildman–Crippen LogP) is 8.03. The fourth-order valence-electron chi connectivity index (χ4n) is 4.37. The molecule has 2 heterocycles. The van der Waals surface area contributed by atoms with Crippen molar-refractivity contribution in [3.8, 4) is 10.6 Å².